The lowest BCUT2D eigenvalue weighted by Crippen LogP contribution is -2.41. The summed E-state index contributed by atoms with van der Waals surface area (Å²) in [5.41, 5.74) is 7.86. The van der Waals surface area contributed by atoms with E-state index in [9.17, 15) is 9.59 Å². The monoisotopic (exact) mass is 591 g/mol. The average Bonchev–Trinajstić information content (AvgIpc) is 3.36. The van der Waals surface area contributed by atoms with E-state index in [-0.39, 0.29) is 21.9 Å². The van der Waals surface area contributed by atoms with Gasteiger partial charge >= 0.3 is 0 Å². The molecule has 0 aliphatic carbocycles. The van der Waals surface area contributed by atoms with Crippen molar-refractivity contribution in [2.45, 2.75) is 97.2 Å². The largest absolute Gasteiger partial charge is 0.417 e. The SMILES string of the molecule is Cn1cc(N)cc1C(=O)Nc1cc(C(=O)NCCCO[Si](C)(C)C(C)(C)C)n(CCCO[Si](C)(C)C(C)(C)C)c1. The highest BCUT2D eigenvalue weighted by atomic mass is 28.4. The van der Waals surface area contributed by atoms with Gasteiger partial charge in [0.1, 0.15) is 11.4 Å². The number of nitrogens with one attached hydrogen (secondary N) is 2. The van der Waals surface area contributed by atoms with Crippen molar-refractivity contribution in [1.82, 2.24) is 14.5 Å². The molecule has 2 rings (SSSR count). The molecule has 0 unspecified atom stereocenters. The van der Waals surface area contributed by atoms with Crippen molar-refractivity contribution < 1.29 is 18.4 Å². The van der Waals surface area contributed by atoms with Gasteiger partial charge in [0.2, 0.25) is 0 Å². The molecule has 0 saturated heterocycles. The predicted molar refractivity (Wildman–Crippen MR) is 170 cm³/mol. The van der Waals surface area contributed by atoms with Gasteiger partial charge in [0, 0.05) is 45.7 Å². The number of hydrogen-bond donors (Lipinski definition) is 3. The molecule has 0 spiro atoms. The first-order chi connectivity index (χ1) is 18.2. The number of carbonyl (C=O) groups excluding carboxylic acids is 2. The molecular formula is C29H53N5O4Si2. The molecule has 2 aromatic rings. The number of nitrogens with two attached hydrogens (primary N) is 1. The number of nitrogens with zero attached hydrogens (tertiary/aromatic N) is 2. The number of aryl methyl sites for hydroxylation is 2. The zero-order chi connectivity index (χ0) is 30.5. The summed E-state index contributed by atoms with van der Waals surface area (Å²) in [4.78, 5) is 26.1. The van der Waals surface area contributed by atoms with E-state index in [1.807, 2.05) is 10.8 Å². The lowest BCUT2D eigenvalue weighted by molar-refractivity contribution is 0.0940. The summed E-state index contributed by atoms with van der Waals surface area (Å²) < 4.78 is 16.1. The molecular weight excluding hydrogens is 539 g/mol. The van der Waals surface area contributed by atoms with Crippen LogP contribution in [0, 0.1) is 0 Å². The summed E-state index contributed by atoms with van der Waals surface area (Å²) >= 11 is 0. The van der Waals surface area contributed by atoms with Crippen LogP contribution in [-0.4, -0.2) is 57.3 Å². The maximum atomic E-state index is 13.2. The minimum Gasteiger partial charge on any atom is -0.417 e. The van der Waals surface area contributed by atoms with E-state index in [0.717, 1.165) is 12.8 Å². The molecule has 40 heavy (non-hydrogen) atoms. The van der Waals surface area contributed by atoms with E-state index in [1.165, 1.54) is 0 Å². The van der Waals surface area contributed by atoms with Crippen LogP contribution in [0.2, 0.25) is 36.3 Å². The second-order valence-electron chi connectivity index (χ2n) is 13.7. The predicted octanol–water partition coefficient (Wildman–Crippen LogP) is 6.21. The summed E-state index contributed by atoms with van der Waals surface area (Å²) in [5, 5.41) is 6.23. The number of aromatic nitrogens is 2. The van der Waals surface area contributed by atoms with Crippen LogP contribution in [0.15, 0.2) is 24.5 Å². The van der Waals surface area contributed by atoms with E-state index >= 15 is 0 Å². The normalized spacial score (nSPS) is 13.0. The topological polar surface area (TPSA) is 113 Å². The van der Waals surface area contributed by atoms with Crippen LogP contribution in [-0.2, 0) is 22.4 Å². The number of rotatable bonds is 13. The van der Waals surface area contributed by atoms with Crippen molar-refractivity contribution in [3.8, 4) is 0 Å². The van der Waals surface area contributed by atoms with Gasteiger partial charge in [-0.3, -0.25) is 9.59 Å². The average molecular weight is 592 g/mol. The Morgan fingerprint density at radius 3 is 1.90 bits per heavy atom. The standard InChI is InChI=1S/C29H53N5O4Si2/c1-28(2,3)39(8,9)37-16-12-14-31-26(35)25-19-23(32-27(36)24-18-22(30)20-33(24)7)21-34(25)15-13-17-38-40(10,11)29(4,5)6/h18-21H,12-17,30H2,1-11H3,(H,31,35)(H,32,36). The molecule has 226 valence electrons. The van der Waals surface area contributed by atoms with E-state index in [2.05, 4.69) is 78.4 Å². The van der Waals surface area contributed by atoms with Crippen LogP contribution in [0.25, 0.3) is 0 Å². The number of nitrogen functional groups attached to an aromatic ring is 1. The Bertz CT molecular complexity index is 1160. The smallest absolute Gasteiger partial charge is 0.272 e. The molecule has 0 atom stereocenters. The Hall–Kier alpha value is -2.35. The van der Waals surface area contributed by atoms with E-state index in [1.54, 1.807) is 29.9 Å². The number of amides is 2. The molecule has 0 saturated carbocycles. The van der Waals surface area contributed by atoms with Crippen LogP contribution >= 0.6 is 0 Å². The molecule has 0 aliphatic rings. The first-order valence-electron chi connectivity index (χ1n) is 14.2. The molecule has 0 aliphatic heterocycles. The molecule has 2 amide bonds. The molecule has 11 heteroatoms. The molecule has 2 aromatic heterocycles. The van der Waals surface area contributed by atoms with Gasteiger partial charge in [-0.05, 0) is 61.2 Å². The highest BCUT2D eigenvalue weighted by Gasteiger charge is 2.37. The zero-order valence-electron chi connectivity index (χ0n) is 26.7. The van der Waals surface area contributed by atoms with Crippen molar-refractivity contribution in [3.63, 3.8) is 0 Å². The Kier molecular flexibility index (Phi) is 11.1. The minimum atomic E-state index is -1.85. The Balaban J connectivity index is 2.08. The number of anilines is 2. The highest BCUT2D eigenvalue weighted by Crippen LogP contribution is 2.37. The molecule has 0 aromatic carbocycles. The third kappa shape index (κ3) is 9.08. The summed E-state index contributed by atoms with van der Waals surface area (Å²) in [5.74, 6) is -0.464. The maximum absolute atomic E-state index is 13.2. The fourth-order valence-electron chi connectivity index (χ4n) is 3.65. The summed E-state index contributed by atoms with van der Waals surface area (Å²) in [6.45, 7) is 24.6. The van der Waals surface area contributed by atoms with Gasteiger partial charge in [-0.25, -0.2) is 0 Å². The minimum absolute atomic E-state index is 0.136. The molecule has 9 nitrogen and oxygen atoms in total. The number of hydrogen-bond acceptors (Lipinski definition) is 5. The quantitative estimate of drug-likeness (QED) is 0.189. The van der Waals surface area contributed by atoms with Crippen LogP contribution in [0.1, 0.15) is 75.4 Å². The van der Waals surface area contributed by atoms with E-state index in [4.69, 9.17) is 14.6 Å². The van der Waals surface area contributed by atoms with Crippen molar-refractivity contribution in [2.24, 2.45) is 7.05 Å². The number of carbonyl (C=O) groups is 2. The second-order valence-corrected chi connectivity index (χ2v) is 23.3. The van der Waals surface area contributed by atoms with Gasteiger partial charge < -0.3 is 34.4 Å². The maximum Gasteiger partial charge on any atom is 0.272 e. The zero-order valence-corrected chi connectivity index (χ0v) is 28.7. The first kappa shape index (κ1) is 33.9. The van der Waals surface area contributed by atoms with Gasteiger partial charge in [0.05, 0.1) is 11.4 Å². The Morgan fingerprint density at radius 1 is 0.850 bits per heavy atom. The van der Waals surface area contributed by atoms with Crippen molar-refractivity contribution in [2.75, 3.05) is 30.8 Å². The van der Waals surface area contributed by atoms with Crippen LogP contribution < -0.4 is 16.4 Å². The van der Waals surface area contributed by atoms with Gasteiger partial charge in [0.25, 0.3) is 11.8 Å². The van der Waals surface area contributed by atoms with E-state index in [0.29, 0.717) is 49.1 Å². The lowest BCUT2D eigenvalue weighted by atomic mass is 10.2. The fraction of sp³-hybridized carbons (Fsp3) is 0.655. The van der Waals surface area contributed by atoms with Gasteiger partial charge in [-0.2, -0.15) is 0 Å². The molecule has 0 radical (unpaired) electrons. The third-order valence-electron chi connectivity index (χ3n) is 8.33. The van der Waals surface area contributed by atoms with Gasteiger partial charge in [-0.1, -0.05) is 41.5 Å². The Labute approximate surface area is 243 Å². The van der Waals surface area contributed by atoms with Crippen molar-refractivity contribution in [3.05, 3.63) is 35.9 Å². The summed E-state index contributed by atoms with van der Waals surface area (Å²) in [6, 6.07) is 3.35. The first-order valence-corrected chi connectivity index (χ1v) is 20.1. The van der Waals surface area contributed by atoms with Crippen LogP contribution in [0.5, 0.6) is 0 Å². The van der Waals surface area contributed by atoms with Crippen LogP contribution in [0.3, 0.4) is 0 Å². The van der Waals surface area contributed by atoms with Gasteiger partial charge in [-0.15, -0.1) is 0 Å². The van der Waals surface area contributed by atoms with Crippen LogP contribution in [0.4, 0.5) is 11.4 Å². The summed E-state index contributed by atoms with van der Waals surface area (Å²) in [6.07, 6.45) is 4.99. The Morgan fingerprint density at radius 2 is 1.40 bits per heavy atom. The molecule has 2 heterocycles. The second kappa shape index (κ2) is 13.1. The third-order valence-corrected chi connectivity index (χ3v) is 17.4. The molecule has 4 N–H and O–H groups in total. The van der Waals surface area contributed by atoms with Crippen molar-refractivity contribution in [1.29, 1.82) is 0 Å². The molecule has 0 fully saturated rings. The van der Waals surface area contributed by atoms with E-state index < -0.39 is 16.6 Å². The highest BCUT2D eigenvalue weighted by molar-refractivity contribution is 6.74. The lowest BCUT2D eigenvalue weighted by Gasteiger charge is -2.36. The van der Waals surface area contributed by atoms with Gasteiger partial charge in [0.15, 0.2) is 16.6 Å². The fourth-order valence-corrected chi connectivity index (χ4v) is 5.83. The molecule has 0 bridgehead atoms. The summed E-state index contributed by atoms with van der Waals surface area (Å²) in [7, 11) is -1.90. The van der Waals surface area contributed by atoms with Crippen molar-refractivity contribution >= 4 is 39.8 Å².